The van der Waals surface area contributed by atoms with Crippen molar-refractivity contribution >= 4 is 27.7 Å². The quantitative estimate of drug-likeness (QED) is 0.584. The number of anilines is 1. The number of sulfonamides is 1. The van der Waals surface area contributed by atoms with Gasteiger partial charge >= 0.3 is 0 Å². The molecule has 3 rings (SSSR count). The first kappa shape index (κ1) is 21.5. The normalized spacial score (nSPS) is 11.8. The molecule has 3 aromatic rings. The molecule has 8 heteroatoms. The van der Waals surface area contributed by atoms with Crippen LogP contribution in [0.5, 0.6) is 0 Å². The Hall–Kier alpha value is -3.23. The van der Waals surface area contributed by atoms with Gasteiger partial charge in [-0.2, -0.15) is 4.31 Å². The lowest BCUT2D eigenvalue weighted by molar-refractivity contribution is -0.116. The Labute approximate surface area is 174 Å². The Balaban J connectivity index is 1.80. The van der Waals surface area contributed by atoms with Gasteiger partial charge in [-0.1, -0.05) is 36.4 Å². The monoisotopic (exact) mass is 428 g/mol. The molecule has 0 aliphatic rings. The third kappa shape index (κ3) is 5.88. The second-order valence-corrected chi connectivity index (χ2v) is 8.43. The van der Waals surface area contributed by atoms with Crippen LogP contribution in [0, 0.1) is 12.7 Å². The number of rotatable bonds is 8. The molecule has 0 saturated carbocycles. The van der Waals surface area contributed by atoms with Crippen LogP contribution in [0.4, 0.5) is 10.1 Å². The number of benzene rings is 2. The van der Waals surface area contributed by atoms with E-state index in [1.165, 1.54) is 30.5 Å². The Morgan fingerprint density at radius 1 is 1.13 bits per heavy atom. The Morgan fingerprint density at radius 3 is 2.60 bits per heavy atom. The molecule has 0 unspecified atom stereocenters. The zero-order chi connectivity index (χ0) is 21.6. The van der Waals surface area contributed by atoms with Crippen LogP contribution in [-0.2, 0) is 21.4 Å². The van der Waals surface area contributed by atoms with E-state index in [4.69, 9.17) is 4.42 Å². The third-order valence-electron chi connectivity index (χ3n) is 4.30. The summed E-state index contributed by atoms with van der Waals surface area (Å²) in [5.41, 5.74) is 1.66. The van der Waals surface area contributed by atoms with Crippen molar-refractivity contribution in [2.75, 3.05) is 11.9 Å². The topological polar surface area (TPSA) is 79.6 Å². The Kier molecular flexibility index (Phi) is 6.81. The van der Waals surface area contributed by atoms with Gasteiger partial charge in [-0.05, 0) is 48.4 Å². The summed E-state index contributed by atoms with van der Waals surface area (Å²) in [6, 6.07) is 16.2. The number of carbonyl (C=O) groups is 1. The molecule has 0 atom stereocenters. The molecule has 0 bridgehead atoms. The zero-order valence-corrected chi connectivity index (χ0v) is 17.1. The van der Waals surface area contributed by atoms with E-state index in [2.05, 4.69) is 5.32 Å². The number of halogens is 1. The summed E-state index contributed by atoms with van der Waals surface area (Å²) in [4.78, 5) is 12.5. The molecule has 6 nitrogen and oxygen atoms in total. The third-order valence-corrected chi connectivity index (χ3v) is 5.76. The molecule has 0 aliphatic heterocycles. The highest BCUT2D eigenvalue weighted by molar-refractivity contribution is 7.92. The van der Waals surface area contributed by atoms with E-state index >= 15 is 0 Å². The molecule has 1 N–H and O–H groups in total. The molecule has 1 heterocycles. The van der Waals surface area contributed by atoms with E-state index in [0.717, 1.165) is 9.71 Å². The van der Waals surface area contributed by atoms with Crippen molar-refractivity contribution in [3.63, 3.8) is 0 Å². The standard InChI is InChI=1S/C22H21FN2O4S/c1-17-9-10-19(23)14-21(17)24-22(26)16-25(15-20-8-5-12-29-20)30(27,28)13-11-18-6-3-2-4-7-18/h2-14H,15-16H2,1H3,(H,24,26)/b13-11+. The van der Waals surface area contributed by atoms with Crippen molar-refractivity contribution < 1.29 is 22.0 Å². The highest BCUT2D eigenvalue weighted by atomic mass is 32.2. The molecule has 0 radical (unpaired) electrons. The van der Waals surface area contributed by atoms with Gasteiger partial charge in [0.1, 0.15) is 11.6 Å². The van der Waals surface area contributed by atoms with Gasteiger partial charge in [0.05, 0.1) is 19.4 Å². The van der Waals surface area contributed by atoms with E-state index < -0.39 is 28.3 Å². The highest BCUT2D eigenvalue weighted by Gasteiger charge is 2.24. The first-order valence-electron chi connectivity index (χ1n) is 9.15. The number of nitrogens with one attached hydrogen (secondary N) is 1. The fourth-order valence-electron chi connectivity index (χ4n) is 2.71. The highest BCUT2D eigenvalue weighted by Crippen LogP contribution is 2.17. The number of carbonyl (C=O) groups excluding carboxylic acids is 1. The van der Waals surface area contributed by atoms with Crippen LogP contribution in [-0.4, -0.2) is 25.2 Å². The predicted molar refractivity (Wildman–Crippen MR) is 113 cm³/mol. The lowest BCUT2D eigenvalue weighted by Gasteiger charge is -2.19. The molecule has 1 amide bonds. The minimum Gasteiger partial charge on any atom is -0.468 e. The molecule has 156 valence electrons. The summed E-state index contributed by atoms with van der Waals surface area (Å²) >= 11 is 0. The summed E-state index contributed by atoms with van der Waals surface area (Å²) in [7, 11) is -3.94. The maximum atomic E-state index is 13.5. The van der Waals surface area contributed by atoms with Crippen molar-refractivity contribution in [1.29, 1.82) is 0 Å². The van der Waals surface area contributed by atoms with Crippen molar-refractivity contribution in [3.05, 3.63) is 95.0 Å². The SMILES string of the molecule is Cc1ccc(F)cc1NC(=O)CN(Cc1ccco1)S(=O)(=O)/C=C/c1ccccc1. The van der Waals surface area contributed by atoms with Crippen LogP contribution in [0.1, 0.15) is 16.9 Å². The second-order valence-electron chi connectivity index (χ2n) is 6.61. The Morgan fingerprint density at radius 2 is 1.90 bits per heavy atom. The van der Waals surface area contributed by atoms with Gasteiger partial charge in [-0.15, -0.1) is 0 Å². The number of hydrogen-bond acceptors (Lipinski definition) is 4. The van der Waals surface area contributed by atoms with Crippen LogP contribution < -0.4 is 5.32 Å². The lowest BCUT2D eigenvalue weighted by Crippen LogP contribution is -2.36. The molecular weight excluding hydrogens is 407 g/mol. The number of amides is 1. The van der Waals surface area contributed by atoms with Crippen LogP contribution in [0.3, 0.4) is 0 Å². The van der Waals surface area contributed by atoms with Gasteiger partial charge < -0.3 is 9.73 Å². The van der Waals surface area contributed by atoms with Gasteiger partial charge in [-0.3, -0.25) is 4.79 Å². The van der Waals surface area contributed by atoms with Gasteiger partial charge in [0.25, 0.3) is 0 Å². The van der Waals surface area contributed by atoms with Gasteiger partial charge in [0, 0.05) is 11.1 Å². The zero-order valence-electron chi connectivity index (χ0n) is 16.3. The van der Waals surface area contributed by atoms with Crippen molar-refractivity contribution in [2.24, 2.45) is 0 Å². The van der Waals surface area contributed by atoms with E-state index in [9.17, 15) is 17.6 Å². The maximum absolute atomic E-state index is 13.5. The average Bonchev–Trinajstić information content (AvgIpc) is 3.23. The lowest BCUT2D eigenvalue weighted by atomic mass is 10.2. The predicted octanol–water partition coefficient (Wildman–Crippen LogP) is 4.17. The van der Waals surface area contributed by atoms with E-state index in [1.54, 1.807) is 43.3 Å². The summed E-state index contributed by atoms with van der Waals surface area (Å²) in [6.07, 6.45) is 2.88. The molecular formula is C22H21FN2O4S. The first-order valence-corrected chi connectivity index (χ1v) is 10.7. The number of hydrogen-bond donors (Lipinski definition) is 1. The molecule has 2 aromatic carbocycles. The molecule has 0 saturated heterocycles. The largest absolute Gasteiger partial charge is 0.468 e. The average molecular weight is 428 g/mol. The van der Waals surface area contributed by atoms with Gasteiger partial charge in [0.15, 0.2) is 0 Å². The summed E-state index contributed by atoms with van der Waals surface area (Å²) in [5, 5.41) is 3.61. The smallest absolute Gasteiger partial charge is 0.239 e. The van der Waals surface area contributed by atoms with Gasteiger partial charge in [-0.25, -0.2) is 12.8 Å². The summed E-state index contributed by atoms with van der Waals surface area (Å²) in [6.45, 7) is 1.14. The second kappa shape index (κ2) is 9.51. The molecule has 0 spiro atoms. The van der Waals surface area contributed by atoms with Crippen LogP contribution in [0.2, 0.25) is 0 Å². The molecule has 0 fully saturated rings. The number of aryl methyl sites for hydroxylation is 1. The maximum Gasteiger partial charge on any atom is 0.239 e. The van der Waals surface area contributed by atoms with E-state index in [0.29, 0.717) is 16.9 Å². The Bertz CT molecular complexity index is 1130. The minimum absolute atomic E-state index is 0.121. The van der Waals surface area contributed by atoms with Crippen LogP contribution >= 0.6 is 0 Å². The minimum atomic E-state index is -3.94. The number of furan rings is 1. The van der Waals surface area contributed by atoms with Gasteiger partial charge in [0.2, 0.25) is 15.9 Å². The first-order chi connectivity index (χ1) is 14.3. The summed E-state index contributed by atoms with van der Waals surface area (Å²) < 4.78 is 45.5. The fraction of sp³-hybridized carbons (Fsp3) is 0.136. The molecule has 1 aromatic heterocycles. The van der Waals surface area contributed by atoms with E-state index in [1.807, 2.05) is 6.07 Å². The number of nitrogens with zero attached hydrogens (tertiary/aromatic N) is 1. The molecule has 0 aliphatic carbocycles. The van der Waals surface area contributed by atoms with Crippen LogP contribution in [0.25, 0.3) is 6.08 Å². The molecule has 30 heavy (non-hydrogen) atoms. The summed E-state index contributed by atoms with van der Waals surface area (Å²) in [5.74, 6) is -0.699. The van der Waals surface area contributed by atoms with Crippen molar-refractivity contribution in [2.45, 2.75) is 13.5 Å². The van der Waals surface area contributed by atoms with Crippen molar-refractivity contribution in [3.8, 4) is 0 Å². The fourth-order valence-corrected chi connectivity index (χ4v) is 3.81. The van der Waals surface area contributed by atoms with Crippen molar-refractivity contribution in [1.82, 2.24) is 4.31 Å². The van der Waals surface area contributed by atoms with E-state index in [-0.39, 0.29) is 12.2 Å². The van der Waals surface area contributed by atoms with Crippen LogP contribution in [0.15, 0.2) is 76.8 Å².